The van der Waals surface area contributed by atoms with Crippen molar-refractivity contribution in [1.29, 1.82) is 0 Å². The summed E-state index contributed by atoms with van der Waals surface area (Å²) in [7, 11) is 0. The monoisotopic (exact) mass is 245 g/mol. The van der Waals surface area contributed by atoms with Gasteiger partial charge in [-0.05, 0) is 42.2 Å². The van der Waals surface area contributed by atoms with E-state index in [4.69, 9.17) is 5.73 Å². The number of hydrogen-bond acceptors (Lipinski definition) is 3. The second kappa shape index (κ2) is 3.62. The Morgan fingerprint density at radius 2 is 2.06 bits per heavy atom. The Morgan fingerprint density at radius 1 is 1.28 bits per heavy atom. The summed E-state index contributed by atoms with van der Waals surface area (Å²) in [6, 6.07) is 4.69. The van der Waals surface area contributed by atoms with Crippen LogP contribution in [-0.4, -0.2) is 17.6 Å². The Kier molecular flexibility index (Phi) is 2.38. The summed E-state index contributed by atoms with van der Waals surface area (Å²) in [5, 5.41) is 0. The molecule has 1 saturated carbocycles. The Morgan fingerprint density at radius 3 is 2.72 bits per heavy atom. The molecule has 0 aromatic carbocycles. The quantitative estimate of drug-likeness (QED) is 0.826. The van der Waals surface area contributed by atoms with Crippen LogP contribution in [0.4, 0.5) is 11.5 Å². The molecule has 2 unspecified atom stereocenters. The van der Waals surface area contributed by atoms with Gasteiger partial charge in [0.15, 0.2) is 0 Å². The van der Waals surface area contributed by atoms with Gasteiger partial charge in [-0.15, -0.1) is 0 Å². The van der Waals surface area contributed by atoms with Crippen LogP contribution in [0.5, 0.6) is 0 Å². The fourth-order valence-corrected chi connectivity index (χ4v) is 4.33. The largest absolute Gasteiger partial charge is 0.384 e. The Bertz CT molecular complexity index is 451. The molecule has 0 radical (unpaired) electrons. The van der Waals surface area contributed by atoms with Crippen LogP contribution in [-0.2, 0) is 0 Å². The first-order chi connectivity index (χ1) is 8.37. The summed E-state index contributed by atoms with van der Waals surface area (Å²) < 4.78 is 0. The van der Waals surface area contributed by atoms with E-state index in [1.165, 1.54) is 24.9 Å². The summed E-state index contributed by atoms with van der Waals surface area (Å²) >= 11 is 0. The van der Waals surface area contributed by atoms with Crippen LogP contribution in [0.2, 0.25) is 0 Å². The fraction of sp³-hybridized carbons (Fsp3) is 0.667. The molecule has 1 aliphatic carbocycles. The van der Waals surface area contributed by atoms with Crippen LogP contribution in [0.25, 0.3) is 0 Å². The smallest absolute Gasteiger partial charge is 0.123 e. The number of pyridine rings is 1. The lowest BCUT2D eigenvalue weighted by molar-refractivity contribution is 0.136. The average molecular weight is 245 g/mol. The third-order valence-corrected chi connectivity index (χ3v) is 4.52. The molecule has 1 aromatic heterocycles. The number of nitrogens with two attached hydrogens (primary N) is 1. The topological polar surface area (TPSA) is 42.1 Å². The summed E-state index contributed by atoms with van der Waals surface area (Å²) in [5.74, 6) is 0.604. The zero-order valence-electron chi connectivity index (χ0n) is 11.6. The van der Waals surface area contributed by atoms with Crippen molar-refractivity contribution in [2.45, 2.75) is 46.1 Å². The van der Waals surface area contributed by atoms with Gasteiger partial charge in [0.2, 0.25) is 0 Å². The first-order valence-electron chi connectivity index (χ1n) is 6.85. The predicted molar refractivity (Wildman–Crippen MR) is 75.5 cm³/mol. The van der Waals surface area contributed by atoms with Crippen molar-refractivity contribution in [3.8, 4) is 0 Å². The highest BCUT2D eigenvalue weighted by Gasteiger charge is 2.49. The molecule has 0 amide bonds. The molecule has 2 N–H and O–H groups in total. The van der Waals surface area contributed by atoms with Gasteiger partial charge < -0.3 is 10.6 Å². The SMILES string of the molecule is CC1(C)CC2CC(C)(CN2c2ccc(N)nc2)C1. The number of hydrogen-bond donors (Lipinski definition) is 1. The molecule has 3 rings (SSSR count). The van der Waals surface area contributed by atoms with Gasteiger partial charge in [-0.2, -0.15) is 0 Å². The second-order valence-electron chi connectivity index (χ2n) is 7.28. The van der Waals surface area contributed by atoms with Gasteiger partial charge in [-0.1, -0.05) is 20.8 Å². The zero-order valence-corrected chi connectivity index (χ0v) is 11.6. The molecule has 1 saturated heterocycles. The van der Waals surface area contributed by atoms with Crippen molar-refractivity contribution in [3.05, 3.63) is 18.3 Å². The Balaban J connectivity index is 1.90. The summed E-state index contributed by atoms with van der Waals surface area (Å²) in [6.45, 7) is 8.41. The number of nitrogens with zero attached hydrogens (tertiary/aromatic N) is 2. The highest BCUT2D eigenvalue weighted by Crippen LogP contribution is 2.53. The van der Waals surface area contributed by atoms with Crippen LogP contribution in [0.1, 0.15) is 40.0 Å². The number of rotatable bonds is 1. The molecule has 98 valence electrons. The van der Waals surface area contributed by atoms with Crippen LogP contribution >= 0.6 is 0 Å². The summed E-state index contributed by atoms with van der Waals surface area (Å²) in [5.41, 5.74) is 7.84. The van der Waals surface area contributed by atoms with Crippen molar-refractivity contribution in [2.75, 3.05) is 17.2 Å². The number of fused-ring (bicyclic) bond motifs is 2. The van der Waals surface area contributed by atoms with Crippen LogP contribution in [0.15, 0.2) is 18.3 Å². The van der Waals surface area contributed by atoms with Gasteiger partial charge >= 0.3 is 0 Å². The minimum Gasteiger partial charge on any atom is -0.384 e. The molecule has 18 heavy (non-hydrogen) atoms. The summed E-state index contributed by atoms with van der Waals surface area (Å²) in [4.78, 5) is 6.78. The lowest BCUT2D eigenvalue weighted by Crippen LogP contribution is -2.34. The van der Waals surface area contributed by atoms with E-state index in [0.717, 1.165) is 6.54 Å². The van der Waals surface area contributed by atoms with Gasteiger partial charge in [0, 0.05) is 12.6 Å². The van der Waals surface area contributed by atoms with Gasteiger partial charge in [0.05, 0.1) is 11.9 Å². The maximum absolute atomic E-state index is 5.67. The second-order valence-corrected chi connectivity index (χ2v) is 7.28. The molecule has 0 spiro atoms. The number of aromatic nitrogens is 1. The fourth-order valence-electron chi connectivity index (χ4n) is 4.33. The van der Waals surface area contributed by atoms with E-state index in [-0.39, 0.29) is 0 Å². The van der Waals surface area contributed by atoms with Gasteiger partial charge in [-0.25, -0.2) is 4.98 Å². The van der Waals surface area contributed by atoms with E-state index < -0.39 is 0 Å². The van der Waals surface area contributed by atoms with Gasteiger partial charge in [-0.3, -0.25) is 0 Å². The molecule has 1 aliphatic heterocycles. The highest BCUT2D eigenvalue weighted by atomic mass is 15.2. The van der Waals surface area contributed by atoms with Crippen molar-refractivity contribution in [2.24, 2.45) is 10.8 Å². The third-order valence-electron chi connectivity index (χ3n) is 4.52. The lowest BCUT2D eigenvalue weighted by Gasteiger charge is -2.39. The minimum absolute atomic E-state index is 0.466. The minimum atomic E-state index is 0.466. The Hall–Kier alpha value is -1.25. The highest BCUT2D eigenvalue weighted by molar-refractivity contribution is 5.50. The zero-order chi connectivity index (χ0) is 13.0. The molecule has 2 atom stereocenters. The lowest BCUT2D eigenvalue weighted by atomic mass is 9.65. The maximum atomic E-state index is 5.67. The predicted octanol–water partition coefficient (Wildman–Crippen LogP) is 3.07. The van der Waals surface area contributed by atoms with Crippen LogP contribution in [0, 0.1) is 10.8 Å². The molecule has 3 nitrogen and oxygen atoms in total. The third kappa shape index (κ3) is 1.96. The molecule has 3 heteroatoms. The molecule has 2 aliphatic rings. The van der Waals surface area contributed by atoms with Crippen LogP contribution in [0.3, 0.4) is 0 Å². The van der Waals surface area contributed by atoms with Crippen molar-refractivity contribution in [1.82, 2.24) is 4.98 Å². The van der Waals surface area contributed by atoms with Crippen molar-refractivity contribution < 1.29 is 0 Å². The summed E-state index contributed by atoms with van der Waals surface area (Å²) in [6.07, 6.45) is 5.86. The number of anilines is 2. The van der Waals surface area contributed by atoms with E-state index in [2.05, 4.69) is 36.7 Å². The van der Waals surface area contributed by atoms with Gasteiger partial charge in [0.1, 0.15) is 5.82 Å². The molecule has 1 aromatic rings. The number of nitrogen functional groups attached to an aromatic ring is 1. The van der Waals surface area contributed by atoms with Crippen LogP contribution < -0.4 is 10.6 Å². The van der Waals surface area contributed by atoms with E-state index in [9.17, 15) is 0 Å². The first-order valence-corrected chi connectivity index (χ1v) is 6.85. The normalized spacial score (nSPS) is 33.7. The average Bonchev–Trinajstić information content (AvgIpc) is 2.49. The van der Waals surface area contributed by atoms with E-state index in [1.54, 1.807) is 0 Å². The van der Waals surface area contributed by atoms with E-state index >= 15 is 0 Å². The van der Waals surface area contributed by atoms with E-state index in [0.29, 0.717) is 22.7 Å². The molecular formula is C15H23N3. The van der Waals surface area contributed by atoms with Crippen molar-refractivity contribution >= 4 is 11.5 Å². The molecular weight excluding hydrogens is 222 g/mol. The standard InChI is InChI=1S/C15H23N3/c1-14(2)6-12-7-15(3,9-14)10-18(12)11-4-5-13(16)17-8-11/h4-5,8,12H,6-7,9-10H2,1-3H3,(H2,16,17). The molecule has 2 bridgehead atoms. The first kappa shape index (κ1) is 11.8. The molecule has 2 heterocycles. The van der Waals surface area contributed by atoms with Crippen molar-refractivity contribution in [3.63, 3.8) is 0 Å². The molecule has 2 fully saturated rings. The van der Waals surface area contributed by atoms with Gasteiger partial charge in [0.25, 0.3) is 0 Å². The maximum Gasteiger partial charge on any atom is 0.123 e. The van der Waals surface area contributed by atoms with E-state index in [1.807, 2.05) is 12.3 Å². The Labute approximate surface area is 109 Å².